The second-order valence-corrected chi connectivity index (χ2v) is 7.42. The maximum Gasteiger partial charge on any atom is 0.419 e. The summed E-state index contributed by atoms with van der Waals surface area (Å²) in [5.74, 6) is -0.959. The van der Waals surface area contributed by atoms with Crippen molar-refractivity contribution in [3.63, 3.8) is 0 Å². The lowest BCUT2D eigenvalue weighted by Gasteiger charge is -2.31. The SMILES string of the molecule is COc1ncc(F)c(-n2ncc3c2[C@H](C)CN(C2OC2[C@@](C)(O)C(F)(F)F)C3)n1. The Balaban J connectivity index is 1.59. The van der Waals surface area contributed by atoms with E-state index in [1.807, 2.05) is 6.92 Å². The van der Waals surface area contributed by atoms with Gasteiger partial charge in [0.15, 0.2) is 17.2 Å². The van der Waals surface area contributed by atoms with Crippen molar-refractivity contribution < 1.29 is 32.1 Å². The van der Waals surface area contributed by atoms with Crippen LogP contribution in [0.4, 0.5) is 17.6 Å². The lowest BCUT2D eigenvalue weighted by Crippen LogP contribution is -2.50. The minimum Gasteiger partial charge on any atom is -0.467 e. The summed E-state index contributed by atoms with van der Waals surface area (Å²) in [5.41, 5.74) is -1.53. The molecule has 0 radical (unpaired) electrons. The first-order valence-corrected chi connectivity index (χ1v) is 8.87. The van der Waals surface area contributed by atoms with Crippen LogP contribution in [-0.4, -0.2) is 67.5 Å². The Kier molecular flexibility index (Phi) is 4.55. The van der Waals surface area contributed by atoms with E-state index in [1.54, 1.807) is 4.90 Å². The van der Waals surface area contributed by atoms with Crippen LogP contribution in [0.2, 0.25) is 0 Å². The van der Waals surface area contributed by atoms with Crippen molar-refractivity contribution >= 4 is 0 Å². The topological polar surface area (TPSA) is 88.8 Å². The quantitative estimate of drug-likeness (QED) is 0.599. The van der Waals surface area contributed by atoms with Crippen molar-refractivity contribution in [1.82, 2.24) is 24.6 Å². The maximum atomic E-state index is 14.3. The molecule has 1 fully saturated rings. The fourth-order valence-corrected chi connectivity index (χ4v) is 3.67. The Hall–Kier alpha value is -2.31. The zero-order valence-corrected chi connectivity index (χ0v) is 15.8. The van der Waals surface area contributed by atoms with Gasteiger partial charge in [0.25, 0.3) is 0 Å². The van der Waals surface area contributed by atoms with Crippen LogP contribution in [-0.2, 0) is 11.3 Å². The zero-order chi connectivity index (χ0) is 21.1. The summed E-state index contributed by atoms with van der Waals surface area (Å²) in [4.78, 5) is 9.42. The molecule has 0 spiro atoms. The molecule has 4 rings (SSSR count). The third kappa shape index (κ3) is 3.24. The third-order valence-electron chi connectivity index (χ3n) is 5.28. The van der Waals surface area contributed by atoms with E-state index in [4.69, 9.17) is 9.47 Å². The Morgan fingerprint density at radius 2 is 2.03 bits per heavy atom. The number of fused-ring (bicyclic) bond motifs is 1. The number of alkyl halides is 3. The number of aliphatic hydroxyl groups is 1. The number of epoxide rings is 1. The fourth-order valence-electron chi connectivity index (χ4n) is 3.67. The van der Waals surface area contributed by atoms with Crippen molar-refractivity contribution in [1.29, 1.82) is 0 Å². The Morgan fingerprint density at radius 3 is 2.69 bits per heavy atom. The van der Waals surface area contributed by atoms with Gasteiger partial charge in [0, 0.05) is 24.6 Å². The Morgan fingerprint density at radius 1 is 1.31 bits per heavy atom. The summed E-state index contributed by atoms with van der Waals surface area (Å²) in [6.07, 6.45) is -4.52. The molecule has 2 unspecified atom stereocenters. The molecule has 0 aromatic carbocycles. The first kappa shape index (κ1) is 20.0. The summed E-state index contributed by atoms with van der Waals surface area (Å²) >= 11 is 0. The van der Waals surface area contributed by atoms with Crippen molar-refractivity contribution in [2.45, 2.75) is 50.4 Å². The Labute approximate surface area is 163 Å². The molecular formula is C17H19F4N5O3. The van der Waals surface area contributed by atoms with Crippen LogP contribution in [0.15, 0.2) is 12.4 Å². The number of aromatic nitrogens is 4. The molecule has 2 aromatic heterocycles. The van der Waals surface area contributed by atoms with Crippen LogP contribution in [0, 0.1) is 5.82 Å². The van der Waals surface area contributed by atoms with Crippen molar-refractivity contribution in [3.05, 3.63) is 29.5 Å². The molecule has 2 aliphatic heterocycles. The lowest BCUT2D eigenvalue weighted by molar-refractivity contribution is -0.259. The van der Waals surface area contributed by atoms with Gasteiger partial charge < -0.3 is 14.6 Å². The van der Waals surface area contributed by atoms with Crippen LogP contribution in [0.1, 0.15) is 31.0 Å². The standard InChI is InChI=1S/C17H19F4N5O3/c1-8-6-25(14-12(29-14)16(2,27)17(19,20)21)7-9-4-23-26(11(8)9)13-10(18)5-22-15(24-13)28-3/h4-5,8,12,14,27H,6-7H2,1-3H3/t8-,12?,14?,16-/m1/s1. The number of halogens is 4. The highest BCUT2D eigenvalue weighted by molar-refractivity contribution is 5.34. The molecule has 158 valence electrons. The molecule has 8 nitrogen and oxygen atoms in total. The van der Waals surface area contributed by atoms with Gasteiger partial charge in [-0.1, -0.05) is 6.92 Å². The predicted octanol–water partition coefficient (Wildman–Crippen LogP) is 1.77. The molecule has 29 heavy (non-hydrogen) atoms. The lowest BCUT2D eigenvalue weighted by atomic mass is 9.96. The predicted molar refractivity (Wildman–Crippen MR) is 89.8 cm³/mol. The average Bonchev–Trinajstić information content (AvgIpc) is 3.35. The molecule has 0 saturated carbocycles. The molecule has 2 aromatic rings. The van der Waals surface area contributed by atoms with Crippen LogP contribution in [0.25, 0.3) is 5.82 Å². The van der Waals surface area contributed by atoms with Crippen molar-refractivity contribution in [3.8, 4) is 11.8 Å². The monoisotopic (exact) mass is 417 g/mol. The van der Waals surface area contributed by atoms with Gasteiger partial charge in [-0.3, -0.25) is 4.90 Å². The van der Waals surface area contributed by atoms with E-state index in [1.165, 1.54) is 18.0 Å². The van der Waals surface area contributed by atoms with Crippen molar-refractivity contribution in [2.24, 2.45) is 0 Å². The van der Waals surface area contributed by atoms with Crippen molar-refractivity contribution in [2.75, 3.05) is 13.7 Å². The van der Waals surface area contributed by atoms with Gasteiger partial charge in [0.05, 0.1) is 25.2 Å². The molecule has 1 N–H and O–H groups in total. The van der Waals surface area contributed by atoms with Gasteiger partial charge in [0.1, 0.15) is 12.3 Å². The van der Waals surface area contributed by atoms with E-state index in [0.717, 1.165) is 6.20 Å². The number of rotatable bonds is 4. The first-order chi connectivity index (χ1) is 13.5. The van der Waals surface area contributed by atoms with Crippen LogP contribution in [0.5, 0.6) is 6.01 Å². The number of ether oxygens (including phenoxy) is 2. The molecule has 4 atom stereocenters. The minimum atomic E-state index is -4.80. The summed E-state index contributed by atoms with van der Waals surface area (Å²) in [6.45, 7) is 3.15. The number of methoxy groups -OCH3 is 1. The van der Waals surface area contributed by atoms with E-state index in [-0.39, 0.29) is 24.3 Å². The highest BCUT2D eigenvalue weighted by atomic mass is 19.4. The second-order valence-electron chi connectivity index (χ2n) is 7.42. The summed E-state index contributed by atoms with van der Waals surface area (Å²) < 4.78 is 64.9. The van der Waals surface area contributed by atoms with Gasteiger partial charge >= 0.3 is 12.2 Å². The van der Waals surface area contributed by atoms with Gasteiger partial charge in [-0.15, -0.1) is 0 Å². The molecule has 12 heteroatoms. The molecule has 0 bridgehead atoms. The van der Waals surface area contributed by atoms with Gasteiger partial charge in [-0.2, -0.15) is 23.3 Å². The molecule has 4 heterocycles. The molecular weight excluding hydrogens is 398 g/mol. The smallest absolute Gasteiger partial charge is 0.419 e. The van der Waals surface area contributed by atoms with E-state index in [0.29, 0.717) is 24.7 Å². The van der Waals surface area contributed by atoms with Crippen LogP contribution in [0.3, 0.4) is 0 Å². The van der Waals surface area contributed by atoms with Crippen LogP contribution < -0.4 is 4.74 Å². The van der Waals surface area contributed by atoms with Gasteiger partial charge in [0.2, 0.25) is 0 Å². The molecule has 0 amide bonds. The average molecular weight is 417 g/mol. The van der Waals surface area contributed by atoms with Crippen LogP contribution >= 0.6 is 0 Å². The molecule has 1 saturated heterocycles. The molecule has 2 aliphatic rings. The zero-order valence-electron chi connectivity index (χ0n) is 15.8. The highest BCUT2D eigenvalue weighted by Gasteiger charge is 2.66. The summed E-state index contributed by atoms with van der Waals surface area (Å²) in [6, 6.07) is -0.0145. The summed E-state index contributed by atoms with van der Waals surface area (Å²) in [7, 11) is 1.36. The number of hydrogen-bond acceptors (Lipinski definition) is 7. The van der Waals surface area contributed by atoms with E-state index < -0.39 is 29.9 Å². The largest absolute Gasteiger partial charge is 0.467 e. The van der Waals surface area contributed by atoms with E-state index in [2.05, 4.69) is 15.1 Å². The van der Waals surface area contributed by atoms with E-state index >= 15 is 0 Å². The summed E-state index contributed by atoms with van der Waals surface area (Å²) in [5, 5.41) is 14.0. The number of hydrogen-bond donors (Lipinski definition) is 1. The second kappa shape index (κ2) is 6.61. The highest BCUT2D eigenvalue weighted by Crippen LogP contribution is 2.45. The fraction of sp³-hybridized carbons (Fsp3) is 0.588. The maximum absolute atomic E-state index is 14.3. The van der Waals surface area contributed by atoms with Gasteiger partial charge in [-0.05, 0) is 6.92 Å². The van der Waals surface area contributed by atoms with Gasteiger partial charge in [-0.25, -0.2) is 14.1 Å². The minimum absolute atomic E-state index is 0.0145. The number of nitrogens with zero attached hydrogens (tertiary/aromatic N) is 5. The van der Waals surface area contributed by atoms with E-state index in [9.17, 15) is 22.7 Å². The normalized spacial score (nSPS) is 26.7. The third-order valence-corrected chi connectivity index (χ3v) is 5.28. The Bertz CT molecular complexity index is 932. The first-order valence-electron chi connectivity index (χ1n) is 8.87. The molecule has 0 aliphatic carbocycles.